The van der Waals surface area contributed by atoms with E-state index in [9.17, 15) is 18.0 Å². The minimum atomic E-state index is -4.45. The zero-order valence-electron chi connectivity index (χ0n) is 15.1. The number of halogens is 3. The van der Waals surface area contributed by atoms with Crippen molar-refractivity contribution < 1.29 is 18.0 Å². The van der Waals surface area contributed by atoms with E-state index in [4.69, 9.17) is 0 Å². The Morgan fingerprint density at radius 2 is 1.75 bits per heavy atom. The van der Waals surface area contributed by atoms with Gasteiger partial charge in [0.05, 0.1) is 5.56 Å². The van der Waals surface area contributed by atoms with Crippen LogP contribution < -0.4 is 10.6 Å². The van der Waals surface area contributed by atoms with Gasteiger partial charge < -0.3 is 10.6 Å². The van der Waals surface area contributed by atoms with Gasteiger partial charge in [0, 0.05) is 17.6 Å². The van der Waals surface area contributed by atoms with Crippen LogP contribution in [0.4, 0.5) is 30.5 Å². The molecule has 2 N–H and O–H groups in total. The van der Waals surface area contributed by atoms with Crippen molar-refractivity contribution in [3.05, 3.63) is 77.1 Å². The third kappa shape index (κ3) is 4.64. The number of hydrogen-bond donors (Lipinski definition) is 2. The maximum Gasteiger partial charge on any atom is 0.416 e. The number of alkyl halides is 3. The Morgan fingerprint density at radius 3 is 2.46 bits per heavy atom. The van der Waals surface area contributed by atoms with Crippen molar-refractivity contribution in [3.8, 4) is 0 Å². The molecule has 0 bridgehead atoms. The van der Waals surface area contributed by atoms with Crippen LogP contribution in [0.3, 0.4) is 0 Å². The van der Waals surface area contributed by atoms with E-state index >= 15 is 0 Å². The van der Waals surface area contributed by atoms with E-state index in [1.54, 1.807) is 6.07 Å². The fourth-order valence-electron chi connectivity index (χ4n) is 2.46. The molecule has 0 spiro atoms. The highest BCUT2D eigenvalue weighted by Gasteiger charge is 2.30. The molecule has 1 aromatic heterocycles. The molecule has 2 aromatic carbocycles. The zero-order chi connectivity index (χ0) is 20.3. The third-order valence-electron chi connectivity index (χ3n) is 4.10. The molecule has 0 aliphatic heterocycles. The highest BCUT2D eigenvalue weighted by atomic mass is 19.4. The lowest BCUT2D eigenvalue weighted by atomic mass is 10.1. The van der Waals surface area contributed by atoms with Gasteiger partial charge in [-0.1, -0.05) is 12.1 Å². The number of amides is 1. The first kappa shape index (κ1) is 19.3. The normalized spacial score (nSPS) is 11.2. The number of nitrogens with zero attached hydrogens (tertiary/aromatic N) is 2. The Labute approximate surface area is 159 Å². The summed E-state index contributed by atoms with van der Waals surface area (Å²) in [6.45, 7) is 3.91. The highest BCUT2D eigenvalue weighted by molar-refractivity contribution is 6.03. The SMILES string of the molecule is Cc1ccc(NC(=O)c2ccnc(Nc3cccc(C(F)(F)F)c3)n2)cc1C. The predicted molar refractivity (Wildman–Crippen MR) is 101 cm³/mol. The number of anilines is 3. The molecule has 0 aliphatic carbocycles. The highest BCUT2D eigenvalue weighted by Crippen LogP contribution is 2.31. The van der Waals surface area contributed by atoms with E-state index < -0.39 is 17.6 Å². The lowest BCUT2D eigenvalue weighted by Crippen LogP contribution is -2.15. The lowest BCUT2D eigenvalue weighted by Gasteiger charge is -2.10. The smallest absolute Gasteiger partial charge is 0.324 e. The molecule has 3 rings (SSSR count). The van der Waals surface area contributed by atoms with E-state index in [-0.39, 0.29) is 17.3 Å². The van der Waals surface area contributed by atoms with Crippen molar-refractivity contribution in [2.45, 2.75) is 20.0 Å². The van der Waals surface area contributed by atoms with Gasteiger partial charge in [0.25, 0.3) is 5.91 Å². The average molecular weight is 386 g/mol. The average Bonchev–Trinajstić information content (AvgIpc) is 2.64. The predicted octanol–water partition coefficient (Wildman–Crippen LogP) is 5.11. The molecule has 144 valence electrons. The minimum Gasteiger partial charge on any atom is -0.324 e. The fourth-order valence-corrected chi connectivity index (χ4v) is 2.46. The summed E-state index contributed by atoms with van der Waals surface area (Å²) in [6.07, 6.45) is -3.09. The number of benzene rings is 2. The number of nitrogens with one attached hydrogen (secondary N) is 2. The maximum atomic E-state index is 12.8. The van der Waals surface area contributed by atoms with Crippen LogP contribution in [-0.2, 0) is 6.18 Å². The van der Waals surface area contributed by atoms with Gasteiger partial charge in [-0.15, -0.1) is 0 Å². The van der Waals surface area contributed by atoms with Crippen LogP contribution >= 0.6 is 0 Å². The van der Waals surface area contributed by atoms with Crippen LogP contribution in [0, 0.1) is 13.8 Å². The summed E-state index contributed by atoms with van der Waals surface area (Å²) in [6, 6.07) is 11.6. The lowest BCUT2D eigenvalue weighted by molar-refractivity contribution is -0.137. The summed E-state index contributed by atoms with van der Waals surface area (Å²) in [5.41, 5.74) is 2.23. The molecule has 0 atom stereocenters. The quantitative estimate of drug-likeness (QED) is 0.654. The van der Waals surface area contributed by atoms with Gasteiger partial charge in [-0.05, 0) is 61.4 Å². The van der Waals surface area contributed by atoms with Crippen molar-refractivity contribution >= 4 is 23.2 Å². The van der Waals surface area contributed by atoms with Crippen LogP contribution in [0.2, 0.25) is 0 Å². The molecule has 8 heteroatoms. The number of carbonyl (C=O) groups excluding carboxylic acids is 1. The van der Waals surface area contributed by atoms with Crippen molar-refractivity contribution in [2.24, 2.45) is 0 Å². The van der Waals surface area contributed by atoms with Gasteiger partial charge in [0.1, 0.15) is 5.69 Å². The summed E-state index contributed by atoms with van der Waals surface area (Å²) >= 11 is 0. The van der Waals surface area contributed by atoms with Crippen LogP contribution in [0.15, 0.2) is 54.7 Å². The number of carbonyl (C=O) groups is 1. The third-order valence-corrected chi connectivity index (χ3v) is 4.10. The van der Waals surface area contributed by atoms with Crippen LogP contribution in [0.5, 0.6) is 0 Å². The Bertz CT molecular complexity index is 1020. The van der Waals surface area contributed by atoms with Crippen molar-refractivity contribution in [1.82, 2.24) is 9.97 Å². The van der Waals surface area contributed by atoms with Gasteiger partial charge in [0.15, 0.2) is 0 Å². The first-order valence-corrected chi connectivity index (χ1v) is 8.38. The van der Waals surface area contributed by atoms with E-state index in [0.29, 0.717) is 5.69 Å². The van der Waals surface area contributed by atoms with Gasteiger partial charge >= 0.3 is 6.18 Å². The Morgan fingerprint density at radius 1 is 0.964 bits per heavy atom. The molecular weight excluding hydrogens is 369 g/mol. The molecule has 0 saturated carbocycles. The molecule has 28 heavy (non-hydrogen) atoms. The van der Waals surface area contributed by atoms with Crippen molar-refractivity contribution in [1.29, 1.82) is 0 Å². The Balaban J connectivity index is 1.76. The number of aromatic nitrogens is 2. The summed E-state index contributed by atoms with van der Waals surface area (Å²) in [4.78, 5) is 20.5. The van der Waals surface area contributed by atoms with E-state index in [1.807, 2.05) is 26.0 Å². The van der Waals surface area contributed by atoms with Gasteiger partial charge in [0.2, 0.25) is 5.95 Å². The molecule has 0 radical (unpaired) electrons. The topological polar surface area (TPSA) is 66.9 Å². The summed E-state index contributed by atoms with van der Waals surface area (Å²) in [5, 5.41) is 5.43. The van der Waals surface area contributed by atoms with Crippen LogP contribution in [-0.4, -0.2) is 15.9 Å². The molecule has 0 saturated heterocycles. The molecular formula is C20H17F3N4O. The van der Waals surface area contributed by atoms with Crippen molar-refractivity contribution in [3.63, 3.8) is 0 Å². The molecule has 0 unspecified atom stereocenters. The molecule has 1 heterocycles. The first-order valence-electron chi connectivity index (χ1n) is 8.38. The largest absolute Gasteiger partial charge is 0.416 e. The summed E-state index contributed by atoms with van der Waals surface area (Å²) < 4.78 is 38.5. The molecule has 1 amide bonds. The fraction of sp³-hybridized carbons (Fsp3) is 0.150. The van der Waals surface area contributed by atoms with E-state index in [2.05, 4.69) is 20.6 Å². The minimum absolute atomic E-state index is 0.0204. The van der Waals surface area contributed by atoms with E-state index in [0.717, 1.165) is 23.3 Å². The molecule has 0 aliphatic rings. The van der Waals surface area contributed by atoms with E-state index in [1.165, 1.54) is 24.4 Å². The number of hydrogen-bond acceptors (Lipinski definition) is 4. The van der Waals surface area contributed by atoms with Gasteiger partial charge in [-0.2, -0.15) is 13.2 Å². The molecule has 3 aromatic rings. The van der Waals surface area contributed by atoms with Crippen LogP contribution in [0.1, 0.15) is 27.2 Å². The van der Waals surface area contributed by atoms with Gasteiger partial charge in [-0.25, -0.2) is 9.97 Å². The first-order chi connectivity index (χ1) is 13.2. The Kier molecular flexibility index (Phi) is 5.30. The second-order valence-corrected chi connectivity index (χ2v) is 6.22. The Hall–Kier alpha value is -3.42. The summed E-state index contributed by atoms with van der Waals surface area (Å²) in [5.74, 6) is -0.426. The van der Waals surface area contributed by atoms with Crippen molar-refractivity contribution in [2.75, 3.05) is 10.6 Å². The standard InChI is InChI=1S/C20H17F3N4O/c1-12-6-7-16(10-13(12)2)25-18(28)17-8-9-24-19(27-17)26-15-5-3-4-14(11-15)20(21,22)23/h3-11H,1-2H3,(H,25,28)(H,24,26,27). The monoisotopic (exact) mass is 386 g/mol. The second-order valence-electron chi connectivity index (χ2n) is 6.22. The molecule has 0 fully saturated rings. The molecule has 5 nitrogen and oxygen atoms in total. The second kappa shape index (κ2) is 7.67. The van der Waals surface area contributed by atoms with Gasteiger partial charge in [-0.3, -0.25) is 4.79 Å². The summed E-state index contributed by atoms with van der Waals surface area (Å²) in [7, 11) is 0. The zero-order valence-corrected chi connectivity index (χ0v) is 15.1. The maximum absolute atomic E-state index is 12.8. The van der Waals surface area contributed by atoms with Crippen LogP contribution in [0.25, 0.3) is 0 Å². The number of aryl methyl sites for hydroxylation is 2. The number of rotatable bonds is 4.